The van der Waals surface area contributed by atoms with Gasteiger partial charge in [0.1, 0.15) is 12.0 Å². The van der Waals surface area contributed by atoms with Crippen LogP contribution >= 0.6 is 15.9 Å². The molecule has 12 heavy (non-hydrogen) atoms. The maximum absolute atomic E-state index is 11.2. The second-order valence-electron chi connectivity index (χ2n) is 2.04. The molecule has 0 saturated carbocycles. The highest BCUT2D eigenvalue weighted by Gasteiger charge is 2.03. The largest absolute Gasteiger partial charge is 0.350 e. The van der Waals surface area contributed by atoms with E-state index in [0.717, 1.165) is 5.33 Å². The van der Waals surface area contributed by atoms with E-state index in [0.29, 0.717) is 12.2 Å². The first-order valence-corrected chi connectivity index (χ1v) is 4.57. The number of carbonyl (C=O) groups is 1. The lowest BCUT2D eigenvalue weighted by Gasteiger charge is -1.99. The van der Waals surface area contributed by atoms with Crippen LogP contribution < -0.4 is 5.32 Å². The van der Waals surface area contributed by atoms with Gasteiger partial charge in [-0.25, -0.2) is 9.97 Å². The van der Waals surface area contributed by atoms with Gasteiger partial charge in [0, 0.05) is 18.1 Å². The van der Waals surface area contributed by atoms with E-state index in [-0.39, 0.29) is 5.91 Å². The van der Waals surface area contributed by atoms with Gasteiger partial charge in [0.2, 0.25) is 0 Å². The molecule has 0 unspecified atom stereocenters. The number of nitrogens with zero attached hydrogens (tertiary/aromatic N) is 2. The molecule has 1 amide bonds. The number of nitrogens with one attached hydrogen (secondary N) is 1. The molecule has 0 aliphatic rings. The Morgan fingerprint density at radius 2 is 2.50 bits per heavy atom. The van der Waals surface area contributed by atoms with Crippen molar-refractivity contribution in [3.05, 3.63) is 24.3 Å². The van der Waals surface area contributed by atoms with E-state index in [1.807, 2.05) is 0 Å². The third-order valence-electron chi connectivity index (χ3n) is 1.19. The van der Waals surface area contributed by atoms with Crippen molar-refractivity contribution in [2.24, 2.45) is 0 Å². The normalized spacial score (nSPS) is 9.42. The maximum atomic E-state index is 11.2. The van der Waals surface area contributed by atoms with E-state index in [1.54, 1.807) is 6.07 Å². The summed E-state index contributed by atoms with van der Waals surface area (Å²) in [5, 5.41) is 3.41. The predicted octanol–water partition coefficient (Wildman–Crippen LogP) is 0.601. The predicted molar refractivity (Wildman–Crippen MR) is 48.2 cm³/mol. The van der Waals surface area contributed by atoms with Crippen LogP contribution in [0.1, 0.15) is 10.5 Å². The Balaban J connectivity index is 2.54. The molecular formula is C7H8BrN3O. The molecule has 64 valence electrons. The average Bonchev–Trinajstić information content (AvgIpc) is 2.15. The molecule has 0 aliphatic carbocycles. The third kappa shape index (κ3) is 2.58. The van der Waals surface area contributed by atoms with Crippen molar-refractivity contribution in [1.29, 1.82) is 0 Å². The summed E-state index contributed by atoms with van der Waals surface area (Å²) in [4.78, 5) is 18.7. The van der Waals surface area contributed by atoms with Crippen molar-refractivity contribution >= 4 is 21.8 Å². The Hall–Kier alpha value is -0.970. The van der Waals surface area contributed by atoms with Gasteiger partial charge >= 0.3 is 0 Å². The van der Waals surface area contributed by atoms with Crippen LogP contribution in [0.3, 0.4) is 0 Å². The molecule has 0 bridgehead atoms. The lowest BCUT2D eigenvalue weighted by molar-refractivity contribution is 0.0951. The van der Waals surface area contributed by atoms with E-state index in [9.17, 15) is 4.79 Å². The van der Waals surface area contributed by atoms with E-state index >= 15 is 0 Å². The molecule has 1 N–H and O–H groups in total. The van der Waals surface area contributed by atoms with Crippen LogP contribution in [0, 0.1) is 0 Å². The van der Waals surface area contributed by atoms with Gasteiger partial charge in [-0.1, -0.05) is 15.9 Å². The minimum absolute atomic E-state index is 0.170. The van der Waals surface area contributed by atoms with E-state index in [2.05, 4.69) is 31.2 Å². The molecular weight excluding hydrogens is 222 g/mol. The summed E-state index contributed by atoms with van der Waals surface area (Å²) < 4.78 is 0. The summed E-state index contributed by atoms with van der Waals surface area (Å²) in [5.74, 6) is -0.170. The fourth-order valence-corrected chi connectivity index (χ4v) is 0.875. The van der Waals surface area contributed by atoms with Crippen LogP contribution in [0.4, 0.5) is 0 Å². The zero-order valence-electron chi connectivity index (χ0n) is 6.33. The Kier molecular flexibility index (Phi) is 3.66. The topological polar surface area (TPSA) is 54.9 Å². The molecule has 0 aromatic carbocycles. The number of amides is 1. The van der Waals surface area contributed by atoms with Gasteiger partial charge in [0.05, 0.1) is 0 Å². The van der Waals surface area contributed by atoms with Crippen molar-refractivity contribution in [2.75, 3.05) is 11.9 Å². The Morgan fingerprint density at radius 1 is 1.67 bits per heavy atom. The molecule has 1 heterocycles. The van der Waals surface area contributed by atoms with E-state index in [4.69, 9.17) is 0 Å². The highest BCUT2D eigenvalue weighted by Crippen LogP contribution is 1.89. The van der Waals surface area contributed by atoms with E-state index < -0.39 is 0 Å². The van der Waals surface area contributed by atoms with Crippen LogP contribution in [-0.4, -0.2) is 27.7 Å². The zero-order valence-corrected chi connectivity index (χ0v) is 7.91. The number of halogens is 1. The second-order valence-corrected chi connectivity index (χ2v) is 2.83. The number of hydrogen-bond donors (Lipinski definition) is 1. The number of rotatable bonds is 3. The molecule has 5 heteroatoms. The van der Waals surface area contributed by atoms with Crippen LogP contribution in [0.25, 0.3) is 0 Å². The summed E-state index contributed by atoms with van der Waals surface area (Å²) in [7, 11) is 0. The van der Waals surface area contributed by atoms with Gasteiger partial charge in [-0.05, 0) is 6.07 Å². The Bertz CT molecular complexity index is 252. The van der Waals surface area contributed by atoms with Gasteiger partial charge in [-0.2, -0.15) is 0 Å². The molecule has 4 nitrogen and oxygen atoms in total. The number of carbonyl (C=O) groups excluding carboxylic acids is 1. The van der Waals surface area contributed by atoms with Crippen LogP contribution in [0.2, 0.25) is 0 Å². The highest BCUT2D eigenvalue weighted by molar-refractivity contribution is 9.09. The molecule has 0 saturated heterocycles. The summed E-state index contributed by atoms with van der Waals surface area (Å²) in [6.07, 6.45) is 2.89. The zero-order chi connectivity index (χ0) is 8.81. The summed E-state index contributed by atoms with van der Waals surface area (Å²) in [5.41, 5.74) is 0.394. The second kappa shape index (κ2) is 4.82. The van der Waals surface area contributed by atoms with Gasteiger partial charge in [0.15, 0.2) is 0 Å². The van der Waals surface area contributed by atoms with Gasteiger partial charge in [-0.15, -0.1) is 0 Å². The fourth-order valence-electron chi connectivity index (χ4n) is 0.676. The van der Waals surface area contributed by atoms with Crippen LogP contribution in [-0.2, 0) is 0 Å². The van der Waals surface area contributed by atoms with Gasteiger partial charge in [0.25, 0.3) is 5.91 Å². The molecule has 0 fully saturated rings. The average molecular weight is 230 g/mol. The first-order valence-electron chi connectivity index (χ1n) is 3.45. The molecule has 0 aliphatic heterocycles. The lowest BCUT2D eigenvalue weighted by atomic mass is 10.4. The van der Waals surface area contributed by atoms with Gasteiger partial charge < -0.3 is 5.32 Å². The van der Waals surface area contributed by atoms with Crippen molar-refractivity contribution in [3.8, 4) is 0 Å². The van der Waals surface area contributed by atoms with Gasteiger partial charge in [-0.3, -0.25) is 4.79 Å². The first kappa shape index (κ1) is 9.12. The molecule has 1 rings (SSSR count). The minimum atomic E-state index is -0.170. The highest BCUT2D eigenvalue weighted by atomic mass is 79.9. The third-order valence-corrected chi connectivity index (χ3v) is 1.59. The summed E-state index contributed by atoms with van der Waals surface area (Å²) in [6.45, 7) is 0.600. The lowest BCUT2D eigenvalue weighted by Crippen LogP contribution is -2.25. The van der Waals surface area contributed by atoms with Crippen molar-refractivity contribution in [3.63, 3.8) is 0 Å². The molecule has 0 radical (unpaired) electrons. The van der Waals surface area contributed by atoms with Crippen LogP contribution in [0.15, 0.2) is 18.6 Å². The molecule has 1 aromatic rings. The first-order chi connectivity index (χ1) is 5.84. The summed E-state index contributed by atoms with van der Waals surface area (Å²) >= 11 is 3.20. The fraction of sp³-hybridized carbons (Fsp3) is 0.286. The Labute approximate surface area is 78.5 Å². The number of alkyl halides is 1. The monoisotopic (exact) mass is 229 g/mol. The number of hydrogen-bond acceptors (Lipinski definition) is 3. The molecule has 0 spiro atoms. The van der Waals surface area contributed by atoms with Crippen molar-refractivity contribution < 1.29 is 4.79 Å². The van der Waals surface area contributed by atoms with Crippen LogP contribution in [0.5, 0.6) is 0 Å². The SMILES string of the molecule is O=C(NCCBr)c1ccncn1. The Morgan fingerprint density at radius 3 is 3.08 bits per heavy atom. The summed E-state index contributed by atoms with van der Waals surface area (Å²) in [6, 6.07) is 1.57. The minimum Gasteiger partial charge on any atom is -0.350 e. The smallest absolute Gasteiger partial charge is 0.270 e. The van der Waals surface area contributed by atoms with Crippen molar-refractivity contribution in [2.45, 2.75) is 0 Å². The van der Waals surface area contributed by atoms with Crippen molar-refractivity contribution in [1.82, 2.24) is 15.3 Å². The maximum Gasteiger partial charge on any atom is 0.270 e. The quantitative estimate of drug-likeness (QED) is 0.773. The van der Waals surface area contributed by atoms with E-state index in [1.165, 1.54) is 12.5 Å². The number of aromatic nitrogens is 2. The standard InChI is InChI=1S/C7H8BrN3O/c8-2-4-10-7(12)6-1-3-9-5-11-6/h1,3,5H,2,4H2,(H,10,12). The molecule has 0 atom stereocenters. The molecule has 1 aromatic heterocycles.